The molecule has 0 aliphatic carbocycles. The van der Waals surface area contributed by atoms with E-state index in [0.29, 0.717) is 28.7 Å². The molecule has 0 fully saturated rings. The summed E-state index contributed by atoms with van der Waals surface area (Å²) in [6.07, 6.45) is 1.79. The standard InChI is InChI=1S/C20H25N5O4/c1-5-23(6-2)10-11-24-13-16-17(19(26)22(4)20(27)21(16)3)18(24)14-8-7-9-15(12-14)25(28)29/h7-9,12-13H,5-6,10-11H2,1-4H3. The Balaban J connectivity index is 2.31. The molecule has 2 aromatic heterocycles. The van der Waals surface area contributed by atoms with Crippen molar-refractivity contribution >= 4 is 16.6 Å². The third-order valence-corrected chi connectivity index (χ3v) is 5.39. The van der Waals surface area contributed by atoms with E-state index in [0.717, 1.165) is 24.2 Å². The topological polar surface area (TPSA) is 95.3 Å². The summed E-state index contributed by atoms with van der Waals surface area (Å²) in [7, 11) is 3.06. The van der Waals surface area contributed by atoms with Crippen LogP contribution in [0.2, 0.25) is 0 Å². The van der Waals surface area contributed by atoms with Gasteiger partial charge in [-0.05, 0) is 13.1 Å². The van der Waals surface area contributed by atoms with Crippen molar-refractivity contribution in [3.63, 3.8) is 0 Å². The highest BCUT2D eigenvalue weighted by atomic mass is 16.6. The molecule has 9 heteroatoms. The van der Waals surface area contributed by atoms with Gasteiger partial charge in [0.25, 0.3) is 11.2 Å². The van der Waals surface area contributed by atoms with Crippen molar-refractivity contribution < 1.29 is 4.92 Å². The highest BCUT2D eigenvalue weighted by Crippen LogP contribution is 2.30. The van der Waals surface area contributed by atoms with E-state index in [4.69, 9.17) is 0 Å². The summed E-state index contributed by atoms with van der Waals surface area (Å²) in [5.74, 6) is 0. The van der Waals surface area contributed by atoms with E-state index in [2.05, 4.69) is 18.7 Å². The number of rotatable bonds is 7. The van der Waals surface area contributed by atoms with Crippen molar-refractivity contribution in [2.75, 3.05) is 19.6 Å². The lowest BCUT2D eigenvalue weighted by molar-refractivity contribution is -0.384. The molecule has 0 saturated carbocycles. The van der Waals surface area contributed by atoms with Gasteiger partial charge in [0.15, 0.2) is 0 Å². The molecular formula is C20H25N5O4. The minimum absolute atomic E-state index is 0.0474. The van der Waals surface area contributed by atoms with E-state index in [1.807, 2.05) is 4.57 Å². The molecule has 0 aliphatic rings. The van der Waals surface area contributed by atoms with Crippen LogP contribution in [0.15, 0.2) is 40.1 Å². The Hall–Kier alpha value is -3.20. The Morgan fingerprint density at radius 3 is 2.41 bits per heavy atom. The van der Waals surface area contributed by atoms with Crippen LogP contribution in [0.4, 0.5) is 5.69 Å². The molecule has 29 heavy (non-hydrogen) atoms. The molecule has 3 aromatic rings. The maximum Gasteiger partial charge on any atom is 0.330 e. The zero-order valence-corrected chi connectivity index (χ0v) is 17.1. The second kappa shape index (κ2) is 8.04. The number of nitro groups is 1. The number of aromatic nitrogens is 3. The van der Waals surface area contributed by atoms with Crippen LogP contribution >= 0.6 is 0 Å². The fourth-order valence-corrected chi connectivity index (χ4v) is 3.63. The van der Waals surface area contributed by atoms with Crippen molar-refractivity contribution in [1.29, 1.82) is 0 Å². The van der Waals surface area contributed by atoms with Crippen molar-refractivity contribution in [3.05, 3.63) is 61.4 Å². The first kappa shape index (κ1) is 20.5. The van der Waals surface area contributed by atoms with Gasteiger partial charge >= 0.3 is 5.69 Å². The van der Waals surface area contributed by atoms with Gasteiger partial charge in [0.05, 0.1) is 21.5 Å². The van der Waals surface area contributed by atoms with Gasteiger partial charge in [-0.3, -0.25) is 24.0 Å². The molecule has 0 aliphatic heterocycles. The van der Waals surface area contributed by atoms with Gasteiger partial charge in [-0.1, -0.05) is 26.0 Å². The molecule has 9 nitrogen and oxygen atoms in total. The molecule has 0 saturated heterocycles. The molecule has 1 aromatic carbocycles. The Labute approximate surface area is 167 Å². The average molecular weight is 399 g/mol. The number of non-ortho nitro benzene ring substituents is 1. The molecule has 0 unspecified atom stereocenters. The first-order valence-electron chi connectivity index (χ1n) is 9.56. The van der Waals surface area contributed by atoms with Crippen LogP contribution in [0.1, 0.15) is 13.8 Å². The number of fused-ring (bicyclic) bond motifs is 1. The van der Waals surface area contributed by atoms with Crippen LogP contribution < -0.4 is 11.2 Å². The molecule has 154 valence electrons. The fraction of sp³-hybridized carbons (Fsp3) is 0.400. The minimum atomic E-state index is -0.456. The molecule has 3 rings (SSSR count). The average Bonchev–Trinajstić information content (AvgIpc) is 3.11. The van der Waals surface area contributed by atoms with Crippen molar-refractivity contribution in [2.45, 2.75) is 20.4 Å². The Morgan fingerprint density at radius 1 is 1.10 bits per heavy atom. The fourth-order valence-electron chi connectivity index (χ4n) is 3.63. The van der Waals surface area contributed by atoms with Gasteiger partial charge in [-0.2, -0.15) is 0 Å². The zero-order valence-electron chi connectivity index (χ0n) is 17.1. The number of nitrogens with zero attached hydrogens (tertiary/aromatic N) is 5. The van der Waals surface area contributed by atoms with Gasteiger partial charge in [0, 0.05) is 51.1 Å². The van der Waals surface area contributed by atoms with E-state index in [9.17, 15) is 19.7 Å². The maximum absolute atomic E-state index is 13.0. The lowest BCUT2D eigenvalue weighted by atomic mass is 10.1. The van der Waals surface area contributed by atoms with Crippen LogP contribution in [-0.2, 0) is 20.6 Å². The largest absolute Gasteiger partial charge is 0.343 e. The smallest absolute Gasteiger partial charge is 0.330 e. The lowest BCUT2D eigenvalue weighted by Gasteiger charge is -2.19. The molecular weight excluding hydrogens is 374 g/mol. The third kappa shape index (κ3) is 3.61. The number of hydrogen-bond acceptors (Lipinski definition) is 5. The summed E-state index contributed by atoms with van der Waals surface area (Å²) in [5, 5.41) is 11.6. The number of nitro benzene ring substituents is 1. The van der Waals surface area contributed by atoms with Crippen molar-refractivity contribution in [1.82, 2.24) is 18.6 Å². The number of benzene rings is 1. The Bertz CT molecular complexity index is 1180. The van der Waals surface area contributed by atoms with Crippen LogP contribution in [-0.4, -0.2) is 43.2 Å². The number of aryl methyl sites for hydroxylation is 1. The van der Waals surface area contributed by atoms with E-state index in [1.54, 1.807) is 25.4 Å². The summed E-state index contributed by atoms with van der Waals surface area (Å²) in [6.45, 7) is 7.29. The van der Waals surface area contributed by atoms with E-state index >= 15 is 0 Å². The van der Waals surface area contributed by atoms with E-state index < -0.39 is 16.2 Å². The molecule has 0 radical (unpaired) electrons. The van der Waals surface area contributed by atoms with E-state index in [-0.39, 0.29) is 5.69 Å². The number of likely N-dealkylation sites (N-methyl/N-ethyl adjacent to an activating group) is 1. The Morgan fingerprint density at radius 2 is 1.79 bits per heavy atom. The maximum atomic E-state index is 13.0. The first-order valence-corrected chi connectivity index (χ1v) is 9.56. The second-order valence-corrected chi connectivity index (χ2v) is 6.97. The SMILES string of the molecule is CCN(CC)CCn1cc2c(c1-c1cccc([N+](=O)[O-])c1)c(=O)n(C)c(=O)n2C. The molecule has 2 heterocycles. The third-order valence-electron chi connectivity index (χ3n) is 5.39. The quantitative estimate of drug-likeness (QED) is 0.447. The van der Waals surface area contributed by atoms with Crippen LogP contribution in [0.25, 0.3) is 22.2 Å². The van der Waals surface area contributed by atoms with Gasteiger partial charge in [0.1, 0.15) is 0 Å². The summed E-state index contributed by atoms with van der Waals surface area (Å²) >= 11 is 0. The van der Waals surface area contributed by atoms with Crippen LogP contribution in [0.3, 0.4) is 0 Å². The molecule has 0 bridgehead atoms. The summed E-state index contributed by atoms with van der Waals surface area (Å²) < 4.78 is 4.42. The second-order valence-electron chi connectivity index (χ2n) is 6.97. The highest BCUT2D eigenvalue weighted by Gasteiger charge is 2.21. The first-order chi connectivity index (χ1) is 13.8. The molecule has 0 atom stereocenters. The van der Waals surface area contributed by atoms with Gasteiger partial charge < -0.3 is 9.47 Å². The summed E-state index contributed by atoms with van der Waals surface area (Å²) in [6, 6.07) is 6.24. The highest BCUT2D eigenvalue weighted by molar-refractivity contribution is 5.94. The summed E-state index contributed by atoms with van der Waals surface area (Å²) in [4.78, 5) is 38.4. The molecule has 0 amide bonds. The Kier molecular flexibility index (Phi) is 5.69. The lowest BCUT2D eigenvalue weighted by Crippen LogP contribution is -2.36. The zero-order chi connectivity index (χ0) is 21.3. The van der Waals surface area contributed by atoms with Gasteiger partial charge in [-0.25, -0.2) is 4.79 Å². The molecule has 0 spiro atoms. The normalized spacial score (nSPS) is 11.5. The predicted octanol–water partition coefficient (Wildman–Crippen LogP) is 1.96. The van der Waals surface area contributed by atoms with Crippen LogP contribution in [0, 0.1) is 10.1 Å². The van der Waals surface area contributed by atoms with Crippen LogP contribution in [0.5, 0.6) is 0 Å². The monoisotopic (exact) mass is 399 g/mol. The predicted molar refractivity (Wildman–Crippen MR) is 112 cm³/mol. The van der Waals surface area contributed by atoms with Crippen molar-refractivity contribution in [3.8, 4) is 11.3 Å². The summed E-state index contributed by atoms with van der Waals surface area (Å²) in [5.41, 5.74) is 0.810. The van der Waals surface area contributed by atoms with E-state index in [1.165, 1.54) is 23.7 Å². The van der Waals surface area contributed by atoms with Gasteiger partial charge in [-0.15, -0.1) is 0 Å². The molecule has 0 N–H and O–H groups in total. The van der Waals surface area contributed by atoms with Crippen molar-refractivity contribution in [2.24, 2.45) is 14.1 Å². The number of hydrogen-bond donors (Lipinski definition) is 0. The van der Waals surface area contributed by atoms with Gasteiger partial charge in [0.2, 0.25) is 0 Å². The minimum Gasteiger partial charge on any atom is -0.343 e.